The predicted molar refractivity (Wildman–Crippen MR) is 72.4 cm³/mol. The van der Waals surface area contributed by atoms with Crippen LogP contribution in [0.1, 0.15) is 44.3 Å². The molecule has 18 heavy (non-hydrogen) atoms. The van der Waals surface area contributed by atoms with Crippen molar-refractivity contribution < 1.29 is 4.74 Å². The van der Waals surface area contributed by atoms with Gasteiger partial charge in [0.15, 0.2) is 0 Å². The van der Waals surface area contributed by atoms with Crippen LogP contribution in [-0.4, -0.2) is 28.3 Å². The summed E-state index contributed by atoms with van der Waals surface area (Å²) in [6.45, 7) is 1.37. The van der Waals surface area contributed by atoms with Crippen molar-refractivity contribution in [1.82, 2.24) is 9.55 Å². The van der Waals surface area contributed by atoms with Gasteiger partial charge in [-0.3, -0.25) is 0 Å². The number of nitrogens with two attached hydrogens (primary N) is 1. The lowest BCUT2D eigenvalue weighted by atomic mass is 9.94. The number of aromatic nitrogens is 2. The van der Waals surface area contributed by atoms with E-state index in [1.165, 1.54) is 25.7 Å². The summed E-state index contributed by atoms with van der Waals surface area (Å²) in [5.74, 6) is 1.08. The highest BCUT2D eigenvalue weighted by Crippen LogP contribution is 2.29. The first-order valence-corrected chi connectivity index (χ1v) is 7.06. The highest BCUT2D eigenvalue weighted by atomic mass is 16.5. The fraction of sp³-hybridized carbons (Fsp3) is 0.786. The van der Waals surface area contributed by atoms with E-state index in [9.17, 15) is 0 Å². The fourth-order valence-electron chi connectivity index (χ4n) is 2.78. The molecule has 1 aromatic rings. The second-order valence-corrected chi connectivity index (χ2v) is 5.35. The summed E-state index contributed by atoms with van der Waals surface area (Å²) in [5.41, 5.74) is 5.88. The molecule has 0 bridgehead atoms. The Morgan fingerprint density at radius 1 is 1.33 bits per heavy atom. The van der Waals surface area contributed by atoms with Gasteiger partial charge in [0.05, 0.1) is 12.2 Å². The Hall–Kier alpha value is -0.870. The molecular weight excluding hydrogens is 226 g/mol. The maximum atomic E-state index is 6.15. The minimum Gasteiger partial charge on any atom is -0.373 e. The summed E-state index contributed by atoms with van der Waals surface area (Å²) in [6.07, 6.45) is 12.0. The minimum absolute atomic E-state index is 0.0678. The van der Waals surface area contributed by atoms with Gasteiger partial charge < -0.3 is 15.0 Å². The first-order valence-electron chi connectivity index (χ1n) is 7.06. The van der Waals surface area contributed by atoms with Crippen LogP contribution in [0.3, 0.4) is 0 Å². The highest BCUT2D eigenvalue weighted by Gasteiger charge is 2.30. The molecule has 1 fully saturated rings. The summed E-state index contributed by atoms with van der Waals surface area (Å²) in [6, 6.07) is 0. The number of hydrogen-bond donors (Lipinski definition) is 1. The second-order valence-electron chi connectivity index (χ2n) is 5.35. The first-order chi connectivity index (χ1) is 8.76. The molecule has 0 saturated heterocycles. The molecule has 1 aliphatic carbocycles. The topological polar surface area (TPSA) is 53.1 Å². The van der Waals surface area contributed by atoms with Gasteiger partial charge in [0.1, 0.15) is 5.82 Å². The van der Waals surface area contributed by atoms with Crippen LogP contribution < -0.4 is 5.73 Å². The van der Waals surface area contributed by atoms with Crippen molar-refractivity contribution in [2.75, 3.05) is 13.2 Å². The quantitative estimate of drug-likeness (QED) is 0.815. The maximum Gasteiger partial charge on any atom is 0.110 e. The van der Waals surface area contributed by atoms with Crippen molar-refractivity contribution in [1.29, 1.82) is 0 Å². The molecule has 0 amide bonds. The molecule has 0 radical (unpaired) electrons. The zero-order valence-corrected chi connectivity index (χ0v) is 11.4. The summed E-state index contributed by atoms with van der Waals surface area (Å²) in [5, 5.41) is 0. The van der Waals surface area contributed by atoms with Crippen molar-refractivity contribution in [3.63, 3.8) is 0 Å². The van der Waals surface area contributed by atoms with E-state index >= 15 is 0 Å². The van der Waals surface area contributed by atoms with Gasteiger partial charge in [0.25, 0.3) is 0 Å². The van der Waals surface area contributed by atoms with Crippen LogP contribution in [-0.2, 0) is 18.2 Å². The number of aryl methyl sites for hydroxylation is 1. The summed E-state index contributed by atoms with van der Waals surface area (Å²) in [7, 11) is 2.02. The molecule has 0 unspecified atom stereocenters. The average molecular weight is 251 g/mol. The van der Waals surface area contributed by atoms with Crippen LogP contribution in [0.25, 0.3) is 0 Å². The van der Waals surface area contributed by atoms with E-state index in [1.807, 2.05) is 24.0 Å². The van der Waals surface area contributed by atoms with E-state index in [4.69, 9.17) is 10.5 Å². The van der Waals surface area contributed by atoms with Gasteiger partial charge in [-0.1, -0.05) is 25.7 Å². The number of rotatable bonds is 5. The van der Waals surface area contributed by atoms with Crippen LogP contribution in [0.4, 0.5) is 0 Å². The Kier molecular flexibility index (Phi) is 4.78. The van der Waals surface area contributed by atoms with E-state index < -0.39 is 0 Å². The lowest BCUT2D eigenvalue weighted by Gasteiger charge is -2.31. The Morgan fingerprint density at radius 2 is 2.06 bits per heavy atom. The Labute approximate surface area is 110 Å². The molecule has 1 aromatic heterocycles. The van der Waals surface area contributed by atoms with Crippen molar-refractivity contribution >= 4 is 0 Å². The van der Waals surface area contributed by atoms with Crippen LogP contribution in [0, 0.1) is 0 Å². The van der Waals surface area contributed by atoms with E-state index in [0.29, 0.717) is 6.54 Å². The zero-order valence-electron chi connectivity index (χ0n) is 11.4. The predicted octanol–water partition coefficient (Wildman–Crippen LogP) is 2.03. The van der Waals surface area contributed by atoms with Crippen LogP contribution in [0.5, 0.6) is 0 Å². The monoisotopic (exact) mass is 251 g/mol. The SMILES string of the molecule is Cn1ccnc1CCOC1(CN)CCCCCC1. The van der Waals surface area contributed by atoms with E-state index in [-0.39, 0.29) is 5.60 Å². The first kappa shape index (κ1) is 13.6. The lowest BCUT2D eigenvalue weighted by Crippen LogP contribution is -2.41. The van der Waals surface area contributed by atoms with Gasteiger partial charge >= 0.3 is 0 Å². The number of imidazole rings is 1. The summed E-state index contributed by atoms with van der Waals surface area (Å²) in [4.78, 5) is 4.32. The molecule has 1 saturated carbocycles. The molecule has 1 aliphatic rings. The number of nitrogens with zero attached hydrogens (tertiary/aromatic N) is 2. The third kappa shape index (κ3) is 3.33. The van der Waals surface area contributed by atoms with E-state index in [2.05, 4.69) is 4.98 Å². The molecule has 2 N–H and O–H groups in total. The van der Waals surface area contributed by atoms with Gasteiger partial charge in [-0.25, -0.2) is 4.98 Å². The normalized spacial score (nSPS) is 19.7. The minimum atomic E-state index is -0.0678. The van der Waals surface area contributed by atoms with Gasteiger partial charge in [-0.05, 0) is 12.8 Å². The largest absolute Gasteiger partial charge is 0.373 e. The summed E-state index contributed by atoms with van der Waals surface area (Å²) >= 11 is 0. The average Bonchev–Trinajstić information content (AvgIpc) is 2.66. The molecule has 0 aliphatic heterocycles. The molecule has 102 valence electrons. The number of ether oxygens (including phenoxy) is 1. The smallest absolute Gasteiger partial charge is 0.110 e. The Bertz CT molecular complexity index is 354. The lowest BCUT2D eigenvalue weighted by molar-refractivity contribution is -0.0485. The third-order valence-corrected chi connectivity index (χ3v) is 4.04. The molecule has 2 rings (SSSR count). The van der Waals surface area contributed by atoms with Gasteiger partial charge in [0.2, 0.25) is 0 Å². The van der Waals surface area contributed by atoms with Crippen molar-refractivity contribution in [2.45, 2.75) is 50.5 Å². The van der Waals surface area contributed by atoms with Crippen LogP contribution in [0.2, 0.25) is 0 Å². The van der Waals surface area contributed by atoms with E-state index in [1.54, 1.807) is 0 Å². The molecule has 0 atom stereocenters. The van der Waals surface area contributed by atoms with Gasteiger partial charge in [-0.2, -0.15) is 0 Å². The maximum absolute atomic E-state index is 6.15. The van der Waals surface area contributed by atoms with E-state index in [0.717, 1.165) is 31.7 Å². The van der Waals surface area contributed by atoms with Crippen LogP contribution in [0.15, 0.2) is 12.4 Å². The molecule has 4 nitrogen and oxygen atoms in total. The van der Waals surface area contributed by atoms with Crippen molar-refractivity contribution in [3.05, 3.63) is 18.2 Å². The molecule has 0 aromatic carbocycles. The molecule has 0 spiro atoms. The summed E-state index contributed by atoms with van der Waals surface area (Å²) < 4.78 is 8.20. The van der Waals surface area contributed by atoms with Crippen LogP contribution >= 0.6 is 0 Å². The molecular formula is C14H25N3O. The second kappa shape index (κ2) is 6.34. The highest BCUT2D eigenvalue weighted by molar-refractivity contribution is 4.92. The Morgan fingerprint density at radius 3 is 2.61 bits per heavy atom. The standard InChI is InChI=1S/C14H25N3O/c1-17-10-9-16-13(17)6-11-18-14(12-15)7-4-2-3-5-8-14/h9-10H,2-8,11-12,15H2,1H3. The number of hydrogen-bond acceptors (Lipinski definition) is 3. The van der Waals surface area contributed by atoms with Crippen molar-refractivity contribution in [2.24, 2.45) is 12.8 Å². The molecule has 4 heteroatoms. The third-order valence-electron chi connectivity index (χ3n) is 4.04. The zero-order chi connectivity index (χ0) is 12.8. The van der Waals surface area contributed by atoms with Crippen molar-refractivity contribution in [3.8, 4) is 0 Å². The van der Waals surface area contributed by atoms with Gasteiger partial charge in [0, 0.05) is 32.4 Å². The fourth-order valence-corrected chi connectivity index (χ4v) is 2.78. The molecule has 1 heterocycles. The van der Waals surface area contributed by atoms with Gasteiger partial charge in [-0.15, -0.1) is 0 Å². The Balaban J connectivity index is 1.84.